The SMILES string of the molecule is COc1cccc(C2C(C(=O)c3cc4cccc(OC)c4o3)=C(O)C(=O)N2CCCn2ccnc2)c1. The molecule has 0 saturated carbocycles. The predicted molar refractivity (Wildman–Crippen MR) is 131 cm³/mol. The van der Waals surface area contributed by atoms with Crippen molar-refractivity contribution in [2.75, 3.05) is 20.8 Å². The summed E-state index contributed by atoms with van der Waals surface area (Å²) in [5, 5.41) is 11.6. The van der Waals surface area contributed by atoms with Crippen LogP contribution in [0.4, 0.5) is 0 Å². The highest BCUT2D eigenvalue weighted by atomic mass is 16.5. The van der Waals surface area contributed by atoms with E-state index in [0.29, 0.717) is 47.5 Å². The lowest BCUT2D eigenvalue weighted by Gasteiger charge is -2.27. The van der Waals surface area contributed by atoms with Crippen LogP contribution >= 0.6 is 0 Å². The van der Waals surface area contributed by atoms with Crippen LogP contribution in [-0.4, -0.2) is 52.0 Å². The summed E-state index contributed by atoms with van der Waals surface area (Å²) in [5.41, 5.74) is 1.03. The minimum absolute atomic E-state index is 0.0111. The third kappa shape index (κ3) is 4.08. The van der Waals surface area contributed by atoms with Crippen LogP contribution < -0.4 is 9.47 Å². The number of para-hydroxylation sites is 1. The smallest absolute Gasteiger partial charge is 0.290 e. The number of aromatic nitrogens is 2. The van der Waals surface area contributed by atoms with Crippen LogP contribution in [0.2, 0.25) is 0 Å². The fourth-order valence-corrected chi connectivity index (χ4v) is 4.56. The van der Waals surface area contributed by atoms with Gasteiger partial charge in [0.25, 0.3) is 5.91 Å². The molecular weight excluding hydrogens is 462 g/mol. The number of carbonyl (C=O) groups is 2. The highest BCUT2D eigenvalue weighted by Gasteiger charge is 2.44. The maximum atomic E-state index is 13.7. The number of aryl methyl sites for hydroxylation is 1. The van der Waals surface area contributed by atoms with Crippen molar-refractivity contribution in [3.8, 4) is 11.5 Å². The number of carbonyl (C=O) groups excluding carboxylic acids is 2. The fraction of sp³-hybridized carbons (Fsp3) is 0.222. The van der Waals surface area contributed by atoms with E-state index in [0.717, 1.165) is 0 Å². The van der Waals surface area contributed by atoms with Gasteiger partial charge < -0.3 is 28.5 Å². The van der Waals surface area contributed by atoms with Gasteiger partial charge in [0.05, 0.1) is 32.2 Å². The lowest BCUT2D eigenvalue weighted by molar-refractivity contribution is -0.129. The molecule has 3 heterocycles. The number of nitrogens with zero attached hydrogens (tertiary/aromatic N) is 3. The topological polar surface area (TPSA) is 107 Å². The summed E-state index contributed by atoms with van der Waals surface area (Å²) in [6, 6.07) is 13.2. The van der Waals surface area contributed by atoms with Gasteiger partial charge in [-0.3, -0.25) is 9.59 Å². The number of aliphatic hydroxyl groups is 1. The number of hydrogen-bond acceptors (Lipinski definition) is 7. The van der Waals surface area contributed by atoms with E-state index in [1.165, 1.54) is 12.0 Å². The quantitative estimate of drug-likeness (QED) is 0.351. The number of amides is 1. The van der Waals surface area contributed by atoms with E-state index < -0.39 is 23.5 Å². The zero-order valence-electron chi connectivity index (χ0n) is 19.9. The van der Waals surface area contributed by atoms with Crippen LogP contribution in [0.1, 0.15) is 28.6 Å². The molecule has 1 amide bonds. The Morgan fingerprint density at radius 2 is 1.94 bits per heavy atom. The van der Waals surface area contributed by atoms with Gasteiger partial charge in [0.2, 0.25) is 5.78 Å². The number of ether oxygens (including phenoxy) is 2. The Morgan fingerprint density at radius 1 is 1.11 bits per heavy atom. The molecule has 2 aromatic heterocycles. The number of Topliss-reactive ketones (excluding diaryl/α,β-unsaturated/α-hetero) is 1. The fourth-order valence-electron chi connectivity index (χ4n) is 4.56. The van der Waals surface area contributed by atoms with Gasteiger partial charge in [0.15, 0.2) is 22.9 Å². The molecule has 9 heteroatoms. The van der Waals surface area contributed by atoms with Crippen LogP contribution in [0.25, 0.3) is 11.0 Å². The van der Waals surface area contributed by atoms with Gasteiger partial charge in [-0.15, -0.1) is 0 Å². The molecular formula is C27H25N3O6. The highest BCUT2D eigenvalue weighted by Crippen LogP contribution is 2.41. The zero-order valence-corrected chi connectivity index (χ0v) is 19.9. The summed E-state index contributed by atoms with van der Waals surface area (Å²) < 4.78 is 18.5. The number of aliphatic hydroxyl groups excluding tert-OH is 1. The first-order valence-electron chi connectivity index (χ1n) is 11.5. The lowest BCUT2D eigenvalue weighted by Crippen LogP contribution is -2.32. The molecule has 4 aromatic rings. The summed E-state index contributed by atoms with van der Waals surface area (Å²) in [6.45, 7) is 0.940. The molecule has 9 nitrogen and oxygen atoms in total. The van der Waals surface area contributed by atoms with E-state index in [1.807, 2.05) is 10.8 Å². The second-order valence-corrected chi connectivity index (χ2v) is 8.41. The van der Waals surface area contributed by atoms with Crippen molar-refractivity contribution in [3.63, 3.8) is 0 Å². The molecule has 1 unspecified atom stereocenters. The van der Waals surface area contributed by atoms with Crippen molar-refractivity contribution < 1.29 is 28.6 Å². The Labute approximate surface area is 207 Å². The van der Waals surface area contributed by atoms with Crippen LogP contribution in [0, 0.1) is 0 Å². The van der Waals surface area contributed by atoms with E-state index in [4.69, 9.17) is 13.9 Å². The Balaban J connectivity index is 1.53. The average molecular weight is 488 g/mol. The summed E-state index contributed by atoms with van der Waals surface area (Å²) in [4.78, 5) is 32.5. The van der Waals surface area contributed by atoms with Crippen LogP contribution in [0.3, 0.4) is 0 Å². The molecule has 36 heavy (non-hydrogen) atoms. The minimum atomic E-state index is -0.807. The molecule has 0 fully saturated rings. The van der Waals surface area contributed by atoms with Gasteiger partial charge in [-0.05, 0) is 36.2 Å². The van der Waals surface area contributed by atoms with E-state index in [1.54, 1.807) is 68.2 Å². The molecule has 2 aromatic carbocycles. The first-order valence-corrected chi connectivity index (χ1v) is 11.5. The molecule has 0 saturated heterocycles. The van der Waals surface area contributed by atoms with E-state index in [2.05, 4.69) is 4.98 Å². The number of fused-ring (bicyclic) bond motifs is 1. The van der Waals surface area contributed by atoms with Crippen LogP contribution in [0.15, 0.2) is 83.0 Å². The molecule has 0 radical (unpaired) electrons. The average Bonchev–Trinajstić information content (AvgIpc) is 3.63. The normalized spacial score (nSPS) is 15.7. The zero-order chi connectivity index (χ0) is 25.2. The highest BCUT2D eigenvalue weighted by molar-refractivity contribution is 6.16. The van der Waals surface area contributed by atoms with Gasteiger partial charge in [0.1, 0.15) is 5.75 Å². The summed E-state index contributed by atoms with van der Waals surface area (Å²) >= 11 is 0. The molecule has 1 N–H and O–H groups in total. The van der Waals surface area contributed by atoms with Crippen molar-refractivity contribution >= 4 is 22.7 Å². The largest absolute Gasteiger partial charge is 0.503 e. The maximum absolute atomic E-state index is 13.7. The van der Waals surface area contributed by atoms with Crippen molar-refractivity contribution in [3.05, 3.63) is 89.9 Å². The Bertz CT molecular complexity index is 1450. The van der Waals surface area contributed by atoms with Crippen molar-refractivity contribution in [2.24, 2.45) is 0 Å². The van der Waals surface area contributed by atoms with Crippen LogP contribution in [-0.2, 0) is 11.3 Å². The van der Waals surface area contributed by atoms with E-state index in [9.17, 15) is 14.7 Å². The van der Waals surface area contributed by atoms with Crippen molar-refractivity contribution in [1.82, 2.24) is 14.5 Å². The van der Waals surface area contributed by atoms with Crippen LogP contribution in [0.5, 0.6) is 11.5 Å². The van der Waals surface area contributed by atoms with Gasteiger partial charge in [0, 0.05) is 30.9 Å². The molecule has 1 aliphatic rings. The maximum Gasteiger partial charge on any atom is 0.290 e. The number of benzene rings is 2. The molecule has 184 valence electrons. The standard InChI is InChI=1S/C27H25N3O6/c1-34-19-8-3-6-17(14-19)23-22(24(31)21-15-18-7-4-9-20(35-2)26(18)36-21)25(32)27(33)30(23)12-5-11-29-13-10-28-16-29/h3-4,6-10,13-16,23,32H,5,11-12H2,1-2H3. The van der Waals surface area contributed by atoms with Crippen molar-refractivity contribution in [1.29, 1.82) is 0 Å². The number of imidazole rings is 1. The molecule has 1 aliphatic heterocycles. The van der Waals surface area contributed by atoms with Crippen molar-refractivity contribution in [2.45, 2.75) is 19.0 Å². The number of ketones is 1. The minimum Gasteiger partial charge on any atom is -0.503 e. The molecule has 1 atom stereocenters. The summed E-state index contributed by atoms with van der Waals surface area (Å²) in [7, 11) is 3.06. The van der Waals surface area contributed by atoms with Gasteiger partial charge in [-0.2, -0.15) is 0 Å². The van der Waals surface area contributed by atoms with E-state index >= 15 is 0 Å². The second kappa shape index (κ2) is 9.61. The molecule has 0 aliphatic carbocycles. The number of methoxy groups -OCH3 is 2. The summed E-state index contributed by atoms with van der Waals surface area (Å²) in [5.74, 6) is -0.683. The first-order chi connectivity index (χ1) is 17.5. The first kappa shape index (κ1) is 23.2. The number of furan rings is 1. The Hall–Kier alpha value is -4.53. The Kier molecular flexibility index (Phi) is 6.20. The lowest BCUT2D eigenvalue weighted by atomic mass is 9.94. The predicted octanol–water partition coefficient (Wildman–Crippen LogP) is 4.32. The monoisotopic (exact) mass is 487 g/mol. The van der Waals surface area contributed by atoms with Gasteiger partial charge in [-0.1, -0.05) is 24.3 Å². The number of rotatable bonds is 9. The molecule has 0 bridgehead atoms. The van der Waals surface area contributed by atoms with Gasteiger partial charge in [-0.25, -0.2) is 4.98 Å². The third-order valence-corrected chi connectivity index (χ3v) is 6.28. The third-order valence-electron chi connectivity index (χ3n) is 6.28. The summed E-state index contributed by atoms with van der Waals surface area (Å²) in [6.07, 6.45) is 5.82. The Morgan fingerprint density at radius 3 is 2.69 bits per heavy atom. The second-order valence-electron chi connectivity index (χ2n) is 8.41. The van der Waals surface area contributed by atoms with E-state index in [-0.39, 0.29) is 11.3 Å². The molecule has 5 rings (SSSR count). The number of hydrogen-bond donors (Lipinski definition) is 1. The molecule has 0 spiro atoms. The van der Waals surface area contributed by atoms with Gasteiger partial charge >= 0.3 is 0 Å².